The van der Waals surface area contributed by atoms with Crippen molar-refractivity contribution in [2.75, 3.05) is 11.1 Å². The van der Waals surface area contributed by atoms with E-state index in [1.54, 1.807) is 61.5 Å². The van der Waals surface area contributed by atoms with E-state index in [1.165, 1.54) is 0 Å². The van der Waals surface area contributed by atoms with E-state index in [-0.39, 0.29) is 11.4 Å². The maximum Gasteiger partial charge on any atom is 0.258 e. The smallest absolute Gasteiger partial charge is 0.258 e. The summed E-state index contributed by atoms with van der Waals surface area (Å²) in [7, 11) is 0. The van der Waals surface area contributed by atoms with E-state index in [9.17, 15) is 4.79 Å². The molecule has 8 heteroatoms. The first-order chi connectivity index (χ1) is 13.5. The van der Waals surface area contributed by atoms with Gasteiger partial charge in [-0.3, -0.25) is 4.79 Å². The Morgan fingerprint density at radius 3 is 2.71 bits per heavy atom. The second-order valence-electron chi connectivity index (χ2n) is 5.62. The Morgan fingerprint density at radius 1 is 1.25 bits per heavy atom. The predicted octanol–water partition coefficient (Wildman–Crippen LogP) is 2.90. The molecule has 1 heterocycles. The Morgan fingerprint density at radius 2 is 2.04 bits per heavy atom. The number of nitrogens with zero attached hydrogens (tertiary/aromatic N) is 2. The van der Waals surface area contributed by atoms with Gasteiger partial charge in [0.05, 0.1) is 17.0 Å². The molecule has 2 rings (SSSR count). The fourth-order valence-corrected chi connectivity index (χ4v) is 2.20. The number of pyridine rings is 1. The number of nitrogen functional groups attached to an aromatic ring is 1. The van der Waals surface area contributed by atoms with Crippen molar-refractivity contribution in [2.45, 2.75) is 6.92 Å². The van der Waals surface area contributed by atoms with Crippen LogP contribution in [-0.4, -0.2) is 29.2 Å². The van der Waals surface area contributed by atoms with Gasteiger partial charge in [-0.15, -0.1) is 0 Å². The number of nitrogens with two attached hydrogens (primary N) is 2. The minimum absolute atomic E-state index is 0.243. The van der Waals surface area contributed by atoms with E-state index in [4.69, 9.17) is 22.3 Å². The molecule has 28 heavy (non-hydrogen) atoms. The quantitative estimate of drug-likeness (QED) is 0.218. The number of hydrogen-bond acceptors (Lipinski definition) is 6. The lowest BCUT2D eigenvalue weighted by molar-refractivity contribution is -0.112. The predicted molar refractivity (Wildman–Crippen MR) is 114 cm³/mol. The highest BCUT2D eigenvalue weighted by Crippen LogP contribution is 2.18. The Bertz CT molecular complexity index is 990. The van der Waals surface area contributed by atoms with E-state index in [1.807, 2.05) is 0 Å². The molecule has 0 atom stereocenters. The summed E-state index contributed by atoms with van der Waals surface area (Å²) in [6.07, 6.45) is 6.93. The zero-order valence-corrected chi connectivity index (χ0v) is 15.3. The number of rotatable bonds is 7. The average molecular weight is 375 g/mol. The highest BCUT2D eigenvalue weighted by Gasteiger charge is 2.07. The van der Waals surface area contributed by atoms with Crippen molar-refractivity contribution in [3.63, 3.8) is 0 Å². The number of hydrogen-bond donors (Lipinski definition) is 5. The number of carbonyl (C=O) groups is 1. The van der Waals surface area contributed by atoms with Crippen LogP contribution in [0.25, 0.3) is 6.08 Å². The average Bonchev–Trinajstić information content (AvgIpc) is 2.69. The maximum absolute atomic E-state index is 12.0. The molecule has 2 aromatic rings. The number of carbonyl (C=O) groups excluding carboxylic acids is 1. The third-order valence-electron chi connectivity index (χ3n) is 3.65. The normalized spacial score (nSPS) is 12.0. The van der Waals surface area contributed by atoms with Crippen LogP contribution < -0.4 is 16.8 Å². The lowest BCUT2D eigenvalue weighted by atomic mass is 10.2. The van der Waals surface area contributed by atoms with Crippen molar-refractivity contribution < 1.29 is 4.79 Å². The van der Waals surface area contributed by atoms with Gasteiger partial charge in [0.25, 0.3) is 5.91 Å². The first kappa shape index (κ1) is 20.2. The van der Waals surface area contributed by atoms with Gasteiger partial charge < -0.3 is 27.6 Å². The largest absolute Gasteiger partial charge is 0.398 e. The number of amidine groups is 1. The van der Waals surface area contributed by atoms with Crippen molar-refractivity contribution in [3.05, 3.63) is 65.4 Å². The van der Waals surface area contributed by atoms with Crippen LogP contribution >= 0.6 is 0 Å². The van der Waals surface area contributed by atoms with Crippen molar-refractivity contribution >= 4 is 47.4 Å². The van der Waals surface area contributed by atoms with E-state index < -0.39 is 5.91 Å². The summed E-state index contributed by atoms with van der Waals surface area (Å²) in [4.78, 5) is 20.5. The molecule has 142 valence electrons. The maximum atomic E-state index is 12.0. The van der Waals surface area contributed by atoms with Gasteiger partial charge in [-0.2, -0.15) is 0 Å². The summed E-state index contributed by atoms with van der Waals surface area (Å²) in [6, 6.07) is 10.2. The van der Waals surface area contributed by atoms with Crippen LogP contribution in [-0.2, 0) is 4.79 Å². The third-order valence-corrected chi connectivity index (χ3v) is 3.65. The minimum Gasteiger partial charge on any atom is -0.398 e. The lowest BCUT2D eigenvalue weighted by Crippen LogP contribution is -2.16. The van der Waals surface area contributed by atoms with Crippen LogP contribution in [0.5, 0.6) is 0 Å². The molecular formula is C20H21N7O. The first-order valence-corrected chi connectivity index (χ1v) is 8.34. The molecule has 8 nitrogen and oxygen atoms in total. The highest BCUT2D eigenvalue weighted by molar-refractivity contribution is 6.16. The molecule has 0 fully saturated rings. The molecule has 1 amide bonds. The van der Waals surface area contributed by atoms with Gasteiger partial charge in [0.2, 0.25) is 0 Å². The molecule has 0 saturated carbocycles. The number of anilines is 2. The van der Waals surface area contributed by atoms with E-state index in [2.05, 4.69) is 15.3 Å². The summed E-state index contributed by atoms with van der Waals surface area (Å²) in [5, 5.41) is 17.2. The van der Waals surface area contributed by atoms with Crippen molar-refractivity contribution in [2.24, 2.45) is 10.7 Å². The Hall–Kier alpha value is -4.07. The summed E-state index contributed by atoms with van der Waals surface area (Å²) in [5.41, 5.74) is 14.1. The fourth-order valence-electron chi connectivity index (χ4n) is 2.20. The second-order valence-corrected chi connectivity index (χ2v) is 5.62. The lowest BCUT2D eigenvalue weighted by Gasteiger charge is -2.05. The molecule has 0 saturated heterocycles. The van der Waals surface area contributed by atoms with Crippen molar-refractivity contribution in [1.82, 2.24) is 4.98 Å². The Balaban J connectivity index is 2.14. The Labute approximate surface area is 162 Å². The van der Waals surface area contributed by atoms with Gasteiger partial charge in [-0.05, 0) is 49.4 Å². The number of benzene rings is 1. The van der Waals surface area contributed by atoms with Gasteiger partial charge in [0.1, 0.15) is 11.7 Å². The highest BCUT2D eigenvalue weighted by atomic mass is 16.1. The van der Waals surface area contributed by atoms with Crippen LogP contribution in [0, 0.1) is 10.8 Å². The van der Waals surface area contributed by atoms with Crippen LogP contribution in [0.4, 0.5) is 17.2 Å². The standard InChI is InChI=1S/C20H21N7O/c1-2-13(11-21)20(28)27-19-5-3-4-15(26-19)7-9-18(24)25-16-6-8-17(23)14(10-16)12-22/h2-12,21-22H,23H2,1H3,(H2,24,25)(H,26,27,28)/b9-7+,13-2+,21-11?,22-12?. The summed E-state index contributed by atoms with van der Waals surface area (Å²) >= 11 is 0. The van der Waals surface area contributed by atoms with Gasteiger partial charge in [-0.25, -0.2) is 9.98 Å². The number of aromatic nitrogens is 1. The molecule has 0 bridgehead atoms. The number of aliphatic imine (C=N–C) groups is 1. The minimum atomic E-state index is -0.405. The monoisotopic (exact) mass is 375 g/mol. The molecule has 0 radical (unpaired) electrons. The summed E-state index contributed by atoms with van der Waals surface area (Å²) in [6.45, 7) is 1.68. The molecule has 0 spiro atoms. The van der Waals surface area contributed by atoms with E-state index in [0.29, 0.717) is 28.5 Å². The Kier molecular flexibility index (Phi) is 6.93. The zero-order valence-electron chi connectivity index (χ0n) is 15.3. The van der Waals surface area contributed by atoms with Crippen LogP contribution in [0.2, 0.25) is 0 Å². The molecule has 1 aromatic heterocycles. The number of nitrogens with one attached hydrogen (secondary N) is 3. The zero-order chi connectivity index (χ0) is 20.5. The number of allylic oxidation sites excluding steroid dienone is 1. The van der Waals surface area contributed by atoms with Gasteiger partial charge in [0, 0.05) is 23.7 Å². The van der Waals surface area contributed by atoms with Gasteiger partial charge >= 0.3 is 0 Å². The van der Waals surface area contributed by atoms with Crippen LogP contribution in [0.1, 0.15) is 18.2 Å². The van der Waals surface area contributed by atoms with Crippen molar-refractivity contribution in [1.29, 1.82) is 10.8 Å². The topological polar surface area (TPSA) is 154 Å². The van der Waals surface area contributed by atoms with Crippen molar-refractivity contribution in [3.8, 4) is 0 Å². The SMILES string of the molecule is C/C=C(\C=N)C(=O)Nc1cccc(/C=C/C(N)=Nc2ccc(N)c(C=N)c2)n1. The second kappa shape index (κ2) is 9.58. The molecule has 0 unspecified atom stereocenters. The van der Waals surface area contributed by atoms with E-state index in [0.717, 1.165) is 12.4 Å². The van der Waals surface area contributed by atoms with E-state index >= 15 is 0 Å². The first-order valence-electron chi connectivity index (χ1n) is 8.34. The third kappa shape index (κ3) is 5.46. The fraction of sp³-hybridized carbons (Fsp3) is 0.0500. The van der Waals surface area contributed by atoms with Crippen LogP contribution in [0.3, 0.4) is 0 Å². The molecule has 0 aliphatic heterocycles. The number of amides is 1. The van der Waals surface area contributed by atoms with Gasteiger partial charge in [0.15, 0.2) is 0 Å². The molecule has 0 aliphatic carbocycles. The van der Waals surface area contributed by atoms with Crippen LogP contribution in [0.15, 0.2) is 59.1 Å². The molecule has 0 aliphatic rings. The molecule has 7 N–H and O–H groups in total. The van der Waals surface area contributed by atoms with Gasteiger partial charge in [-0.1, -0.05) is 12.1 Å². The summed E-state index contributed by atoms with van der Waals surface area (Å²) in [5.74, 6) is 0.201. The molecular weight excluding hydrogens is 354 g/mol. The molecule has 1 aromatic carbocycles. The summed E-state index contributed by atoms with van der Waals surface area (Å²) < 4.78 is 0.